The second-order valence-electron chi connectivity index (χ2n) is 3.87. The Morgan fingerprint density at radius 3 is 2.89 bits per heavy atom. The molecule has 0 fully saturated rings. The number of carbonyl (C=O) groups is 1. The van der Waals surface area contributed by atoms with Gasteiger partial charge in [-0.15, -0.1) is 0 Å². The van der Waals surface area contributed by atoms with Gasteiger partial charge in [0, 0.05) is 19.2 Å². The molecular formula is C10H13ClN6O. The maximum absolute atomic E-state index is 11.8. The Bertz CT molecular complexity index is 587. The molecule has 0 saturated heterocycles. The van der Waals surface area contributed by atoms with Gasteiger partial charge in [0.25, 0.3) is 5.91 Å². The summed E-state index contributed by atoms with van der Waals surface area (Å²) in [5.74, 6) is 0.159. The highest BCUT2D eigenvalue weighted by Crippen LogP contribution is 2.17. The van der Waals surface area contributed by atoms with Gasteiger partial charge in [-0.25, -0.2) is 0 Å². The molecule has 0 aliphatic carbocycles. The van der Waals surface area contributed by atoms with Gasteiger partial charge in [0.05, 0.1) is 16.9 Å². The van der Waals surface area contributed by atoms with Crippen LogP contribution in [-0.2, 0) is 13.6 Å². The van der Waals surface area contributed by atoms with Crippen molar-refractivity contribution < 1.29 is 4.79 Å². The van der Waals surface area contributed by atoms with E-state index in [0.717, 1.165) is 5.56 Å². The first-order valence-corrected chi connectivity index (χ1v) is 5.63. The number of nitrogens with zero attached hydrogens (tertiary/aromatic N) is 3. The van der Waals surface area contributed by atoms with Crippen LogP contribution in [0.3, 0.4) is 0 Å². The topological polar surface area (TPSA) is 102 Å². The van der Waals surface area contributed by atoms with Gasteiger partial charge in [-0.05, 0) is 6.92 Å². The number of aryl methyl sites for hydroxylation is 2. The standard InChI is InChI=1S/C10H13ClN6O/c1-5-7(11)8(16-15-5)10(18)13-3-6-4-14-17(2)9(6)12/h4H,3,12H2,1-2H3,(H,13,18)(H,15,16). The fourth-order valence-electron chi connectivity index (χ4n) is 1.45. The lowest BCUT2D eigenvalue weighted by Crippen LogP contribution is -2.23. The molecular weight excluding hydrogens is 256 g/mol. The minimum absolute atomic E-state index is 0.177. The summed E-state index contributed by atoms with van der Waals surface area (Å²) in [6, 6.07) is 0. The lowest BCUT2D eigenvalue weighted by molar-refractivity contribution is 0.0946. The third kappa shape index (κ3) is 2.17. The molecule has 2 aromatic heterocycles. The summed E-state index contributed by atoms with van der Waals surface area (Å²) in [5.41, 5.74) is 7.34. The van der Waals surface area contributed by atoms with Crippen molar-refractivity contribution in [2.24, 2.45) is 7.05 Å². The van der Waals surface area contributed by atoms with Crippen LogP contribution in [0.15, 0.2) is 6.20 Å². The van der Waals surface area contributed by atoms with Crippen molar-refractivity contribution in [3.63, 3.8) is 0 Å². The number of aromatic nitrogens is 4. The maximum Gasteiger partial charge on any atom is 0.273 e. The number of anilines is 1. The Morgan fingerprint density at radius 2 is 2.39 bits per heavy atom. The Hall–Kier alpha value is -2.02. The fraction of sp³-hybridized carbons (Fsp3) is 0.300. The van der Waals surface area contributed by atoms with Gasteiger partial charge in [-0.1, -0.05) is 11.6 Å². The summed E-state index contributed by atoms with van der Waals surface area (Å²) in [6.07, 6.45) is 1.60. The Labute approximate surface area is 108 Å². The predicted octanol–water partition coefficient (Wildman–Crippen LogP) is 0.617. The monoisotopic (exact) mass is 268 g/mol. The van der Waals surface area contributed by atoms with Crippen LogP contribution >= 0.6 is 11.6 Å². The number of H-pyrrole nitrogens is 1. The first-order valence-electron chi connectivity index (χ1n) is 5.25. The average molecular weight is 269 g/mol. The van der Waals surface area contributed by atoms with E-state index in [1.807, 2.05) is 0 Å². The van der Waals surface area contributed by atoms with E-state index in [1.54, 1.807) is 20.2 Å². The molecule has 0 atom stereocenters. The van der Waals surface area contributed by atoms with Crippen molar-refractivity contribution in [3.05, 3.63) is 28.2 Å². The van der Waals surface area contributed by atoms with Crippen LogP contribution in [0.1, 0.15) is 21.7 Å². The number of hydrogen-bond donors (Lipinski definition) is 3. The van der Waals surface area contributed by atoms with E-state index < -0.39 is 0 Å². The largest absolute Gasteiger partial charge is 0.384 e. The number of rotatable bonds is 3. The highest BCUT2D eigenvalue weighted by Gasteiger charge is 2.16. The number of carbonyl (C=O) groups excluding carboxylic acids is 1. The highest BCUT2D eigenvalue weighted by atomic mass is 35.5. The van der Waals surface area contributed by atoms with Gasteiger partial charge in [-0.3, -0.25) is 14.6 Å². The van der Waals surface area contributed by atoms with E-state index in [-0.39, 0.29) is 18.1 Å². The molecule has 0 aromatic carbocycles. The molecule has 18 heavy (non-hydrogen) atoms. The minimum atomic E-state index is -0.354. The molecule has 0 radical (unpaired) electrons. The van der Waals surface area contributed by atoms with E-state index in [0.29, 0.717) is 16.5 Å². The molecule has 2 heterocycles. The van der Waals surface area contributed by atoms with E-state index in [2.05, 4.69) is 20.6 Å². The van der Waals surface area contributed by atoms with E-state index in [1.165, 1.54) is 4.68 Å². The van der Waals surface area contributed by atoms with Crippen molar-refractivity contribution in [1.29, 1.82) is 0 Å². The molecule has 8 heteroatoms. The Balaban J connectivity index is 2.05. The lowest BCUT2D eigenvalue weighted by atomic mass is 10.3. The summed E-state index contributed by atoms with van der Waals surface area (Å²) in [4.78, 5) is 11.8. The zero-order valence-electron chi connectivity index (χ0n) is 9.99. The van der Waals surface area contributed by atoms with Gasteiger partial charge < -0.3 is 11.1 Å². The number of nitrogens with two attached hydrogens (primary N) is 1. The van der Waals surface area contributed by atoms with Crippen molar-refractivity contribution >= 4 is 23.3 Å². The molecule has 7 nitrogen and oxygen atoms in total. The smallest absolute Gasteiger partial charge is 0.273 e. The van der Waals surface area contributed by atoms with Gasteiger partial charge in [-0.2, -0.15) is 10.2 Å². The number of aromatic amines is 1. The second-order valence-corrected chi connectivity index (χ2v) is 4.25. The second kappa shape index (κ2) is 4.69. The summed E-state index contributed by atoms with van der Waals surface area (Å²) >= 11 is 5.93. The zero-order chi connectivity index (χ0) is 13.3. The lowest BCUT2D eigenvalue weighted by Gasteiger charge is -2.03. The molecule has 1 amide bonds. The van der Waals surface area contributed by atoms with Crippen molar-refractivity contribution in [3.8, 4) is 0 Å². The molecule has 0 aliphatic rings. The highest BCUT2D eigenvalue weighted by molar-refractivity contribution is 6.34. The van der Waals surface area contributed by atoms with Crippen LogP contribution in [0.2, 0.25) is 5.02 Å². The van der Waals surface area contributed by atoms with Crippen LogP contribution in [0.4, 0.5) is 5.82 Å². The number of nitrogen functional groups attached to an aromatic ring is 1. The van der Waals surface area contributed by atoms with Crippen LogP contribution in [0.25, 0.3) is 0 Å². The molecule has 2 aromatic rings. The van der Waals surface area contributed by atoms with Crippen molar-refractivity contribution in [2.45, 2.75) is 13.5 Å². The molecule has 2 rings (SSSR count). The van der Waals surface area contributed by atoms with Crippen LogP contribution in [0.5, 0.6) is 0 Å². The number of hydrogen-bond acceptors (Lipinski definition) is 4. The summed E-state index contributed by atoms with van der Waals surface area (Å²) in [6.45, 7) is 2.02. The summed E-state index contributed by atoms with van der Waals surface area (Å²) < 4.78 is 1.53. The third-order valence-corrected chi connectivity index (χ3v) is 3.05. The van der Waals surface area contributed by atoms with Crippen LogP contribution in [0, 0.1) is 6.92 Å². The first kappa shape index (κ1) is 12.4. The maximum atomic E-state index is 11.8. The molecule has 4 N–H and O–H groups in total. The SMILES string of the molecule is Cc1[nH]nc(C(=O)NCc2cnn(C)c2N)c1Cl. The predicted molar refractivity (Wildman–Crippen MR) is 67.1 cm³/mol. The van der Waals surface area contributed by atoms with E-state index in [4.69, 9.17) is 17.3 Å². The Kier molecular flexibility index (Phi) is 3.24. The number of nitrogens with one attached hydrogen (secondary N) is 2. The van der Waals surface area contributed by atoms with Gasteiger partial charge in [0.15, 0.2) is 5.69 Å². The summed E-state index contributed by atoms with van der Waals surface area (Å²) in [5, 5.41) is 13.5. The normalized spacial score (nSPS) is 10.6. The average Bonchev–Trinajstić information content (AvgIpc) is 2.83. The molecule has 96 valence electrons. The zero-order valence-corrected chi connectivity index (χ0v) is 10.7. The van der Waals surface area contributed by atoms with Gasteiger partial charge in [0.2, 0.25) is 0 Å². The van der Waals surface area contributed by atoms with E-state index in [9.17, 15) is 4.79 Å². The Morgan fingerprint density at radius 1 is 1.67 bits per heavy atom. The molecule has 0 spiro atoms. The van der Waals surface area contributed by atoms with Gasteiger partial charge in [0.1, 0.15) is 5.82 Å². The third-order valence-electron chi connectivity index (χ3n) is 2.59. The van der Waals surface area contributed by atoms with Crippen LogP contribution in [-0.4, -0.2) is 25.9 Å². The van der Waals surface area contributed by atoms with Crippen molar-refractivity contribution in [1.82, 2.24) is 25.3 Å². The van der Waals surface area contributed by atoms with Crippen molar-refractivity contribution in [2.75, 3.05) is 5.73 Å². The summed E-state index contributed by atoms with van der Waals surface area (Å²) in [7, 11) is 1.73. The first-order chi connectivity index (χ1) is 8.50. The minimum Gasteiger partial charge on any atom is -0.384 e. The quantitative estimate of drug-likeness (QED) is 0.759. The molecule has 0 bridgehead atoms. The van der Waals surface area contributed by atoms with Gasteiger partial charge >= 0.3 is 0 Å². The number of halogens is 1. The van der Waals surface area contributed by atoms with E-state index >= 15 is 0 Å². The number of amides is 1. The fourth-order valence-corrected chi connectivity index (χ4v) is 1.62. The molecule has 0 aliphatic heterocycles. The van der Waals surface area contributed by atoms with Crippen LogP contribution < -0.4 is 11.1 Å². The molecule has 0 unspecified atom stereocenters. The molecule has 0 saturated carbocycles.